The summed E-state index contributed by atoms with van der Waals surface area (Å²) in [7, 11) is 0. The van der Waals surface area contributed by atoms with Gasteiger partial charge in [-0.1, -0.05) is 5.16 Å². The standard InChI is InChI=1S/C23H33N7O2/c31-22(30-10-4-5-11-30)18-28-14-12-27(13-15-28)17-21-25-23(26-32-21)19-6-7-20(24-16-19)29-8-2-1-3-9-29/h6-7,16H,1-5,8-15,17-18H2. The molecule has 0 bridgehead atoms. The van der Waals surface area contributed by atoms with E-state index in [1.54, 1.807) is 0 Å². The first-order valence-electron chi connectivity index (χ1n) is 12.0. The lowest BCUT2D eigenvalue weighted by Gasteiger charge is -2.34. The van der Waals surface area contributed by atoms with E-state index in [0.29, 0.717) is 24.8 Å². The van der Waals surface area contributed by atoms with Crippen LogP contribution in [0.25, 0.3) is 11.4 Å². The Morgan fingerprint density at radius 2 is 1.59 bits per heavy atom. The number of aromatic nitrogens is 3. The van der Waals surface area contributed by atoms with E-state index in [2.05, 4.69) is 35.9 Å². The van der Waals surface area contributed by atoms with Crippen molar-refractivity contribution in [3.05, 3.63) is 24.2 Å². The number of nitrogens with zero attached hydrogens (tertiary/aromatic N) is 7. The SMILES string of the molecule is O=C(CN1CCN(Cc2nc(-c3ccc(N4CCCCC4)nc3)no2)CC1)N1CCCC1. The molecule has 5 heterocycles. The lowest BCUT2D eigenvalue weighted by Crippen LogP contribution is -2.49. The number of piperazine rings is 1. The number of amides is 1. The number of carbonyl (C=O) groups is 1. The summed E-state index contributed by atoms with van der Waals surface area (Å²) in [5.41, 5.74) is 0.881. The van der Waals surface area contributed by atoms with E-state index in [0.717, 1.165) is 76.6 Å². The summed E-state index contributed by atoms with van der Waals surface area (Å²) in [4.78, 5) is 30.5. The fourth-order valence-electron chi connectivity index (χ4n) is 4.82. The van der Waals surface area contributed by atoms with E-state index in [1.807, 2.05) is 17.2 Å². The molecule has 0 radical (unpaired) electrons. The van der Waals surface area contributed by atoms with Gasteiger partial charge in [0, 0.05) is 64.1 Å². The molecule has 0 aliphatic carbocycles. The van der Waals surface area contributed by atoms with E-state index < -0.39 is 0 Å². The van der Waals surface area contributed by atoms with Crippen LogP contribution in [0.3, 0.4) is 0 Å². The zero-order valence-corrected chi connectivity index (χ0v) is 18.8. The van der Waals surface area contributed by atoms with Crippen molar-refractivity contribution in [1.82, 2.24) is 29.8 Å². The average Bonchev–Trinajstić information content (AvgIpc) is 3.54. The predicted molar refractivity (Wildman–Crippen MR) is 121 cm³/mol. The second-order valence-corrected chi connectivity index (χ2v) is 9.10. The summed E-state index contributed by atoms with van der Waals surface area (Å²) in [5.74, 6) is 2.52. The van der Waals surface area contributed by atoms with Gasteiger partial charge in [-0.05, 0) is 44.2 Å². The minimum atomic E-state index is 0.275. The Morgan fingerprint density at radius 3 is 2.31 bits per heavy atom. The van der Waals surface area contributed by atoms with Crippen molar-refractivity contribution in [2.24, 2.45) is 0 Å². The largest absolute Gasteiger partial charge is 0.357 e. The van der Waals surface area contributed by atoms with Gasteiger partial charge < -0.3 is 14.3 Å². The molecule has 3 aliphatic heterocycles. The summed E-state index contributed by atoms with van der Waals surface area (Å²) in [6, 6.07) is 4.08. The molecule has 0 atom stereocenters. The maximum absolute atomic E-state index is 12.4. The molecule has 32 heavy (non-hydrogen) atoms. The van der Waals surface area contributed by atoms with Crippen molar-refractivity contribution in [3.8, 4) is 11.4 Å². The number of carbonyl (C=O) groups excluding carboxylic acids is 1. The van der Waals surface area contributed by atoms with Gasteiger partial charge in [-0.3, -0.25) is 14.6 Å². The molecule has 0 spiro atoms. The third kappa shape index (κ3) is 5.10. The highest BCUT2D eigenvalue weighted by Gasteiger charge is 2.24. The van der Waals surface area contributed by atoms with Crippen LogP contribution in [0, 0.1) is 0 Å². The van der Waals surface area contributed by atoms with E-state index >= 15 is 0 Å². The van der Waals surface area contributed by atoms with Crippen molar-refractivity contribution in [1.29, 1.82) is 0 Å². The quantitative estimate of drug-likeness (QED) is 0.675. The predicted octanol–water partition coefficient (Wildman–Crippen LogP) is 1.86. The normalized spacial score (nSPS) is 20.8. The topological polar surface area (TPSA) is 81.8 Å². The van der Waals surface area contributed by atoms with Gasteiger partial charge in [0.05, 0.1) is 13.1 Å². The second kappa shape index (κ2) is 9.95. The molecule has 2 aromatic heterocycles. The smallest absolute Gasteiger partial charge is 0.241 e. The first-order chi connectivity index (χ1) is 15.7. The number of likely N-dealkylation sites (tertiary alicyclic amines) is 1. The number of hydrogen-bond acceptors (Lipinski definition) is 8. The molecule has 0 aromatic carbocycles. The highest BCUT2D eigenvalue weighted by molar-refractivity contribution is 5.78. The maximum Gasteiger partial charge on any atom is 0.241 e. The Balaban J connectivity index is 1.10. The summed E-state index contributed by atoms with van der Waals surface area (Å²) in [5, 5.41) is 4.17. The van der Waals surface area contributed by atoms with Gasteiger partial charge in [0.15, 0.2) is 0 Å². The summed E-state index contributed by atoms with van der Waals surface area (Å²) < 4.78 is 5.51. The van der Waals surface area contributed by atoms with Gasteiger partial charge in [0.25, 0.3) is 0 Å². The third-order valence-electron chi connectivity index (χ3n) is 6.80. The molecule has 5 rings (SSSR count). The molecule has 9 heteroatoms. The van der Waals surface area contributed by atoms with Crippen LogP contribution in [-0.4, -0.2) is 94.6 Å². The van der Waals surface area contributed by atoms with E-state index in [-0.39, 0.29) is 5.91 Å². The zero-order valence-electron chi connectivity index (χ0n) is 18.8. The molecule has 172 valence electrons. The van der Waals surface area contributed by atoms with Crippen LogP contribution in [0.15, 0.2) is 22.9 Å². The number of piperidine rings is 1. The molecular weight excluding hydrogens is 406 g/mol. The second-order valence-electron chi connectivity index (χ2n) is 9.10. The first kappa shape index (κ1) is 21.3. The fourth-order valence-corrected chi connectivity index (χ4v) is 4.82. The molecular formula is C23H33N7O2. The Kier molecular flexibility index (Phi) is 6.64. The van der Waals surface area contributed by atoms with Crippen molar-refractivity contribution in [2.45, 2.75) is 38.6 Å². The Bertz CT molecular complexity index is 880. The van der Waals surface area contributed by atoms with Crippen LogP contribution in [0.1, 0.15) is 38.0 Å². The van der Waals surface area contributed by atoms with Crippen molar-refractivity contribution in [3.63, 3.8) is 0 Å². The van der Waals surface area contributed by atoms with Crippen LogP contribution in [0.2, 0.25) is 0 Å². The van der Waals surface area contributed by atoms with Crippen molar-refractivity contribution >= 4 is 11.7 Å². The monoisotopic (exact) mass is 439 g/mol. The van der Waals surface area contributed by atoms with E-state index in [4.69, 9.17) is 4.52 Å². The summed E-state index contributed by atoms with van der Waals surface area (Å²) >= 11 is 0. The average molecular weight is 440 g/mol. The fraction of sp³-hybridized carbons (Fsp3) is 0.652. The number of pyridine rings is 1. The molecule has 3 aliphatic rings. The molecule has 3 saturated heterocycles. The van der Waals surface area contributed by atoms with Crippen LogP contribution in [0.4, 0.5) is 5.82 Å². The maximum atomic E-state index is 12.4. The van der Waals surface area contributed by atoms with Crippen molar-refractivity contribution in [2.75, 3.05) is 63.8 Å². The summed E-state index contributed by atoms with van der Waals surface area (Å²) in [6.45, 7) is 8.78. The van der Waals surface area contributed by atoms with Crippen LogP contribution in [-0.2, 0) is 11.3 Å². The van der Waals surface area contributed by atoms with Gasteiger partial charge >= 0.3 is 0 Å². The first-order valence-corrected chi connectivity index (χ1v) is 12.0. The highest BCUT2D eigenvalue weighted by atomic mass is 16.5. The van der Waals surface area contributed by atoms with Gasteiger partial charge in [-0.15, -0.1) is 0 Å². The van der Waals surface area contributed by atoms with Gasteiger partial charge in [0.2, 0.25) is 17.6 Å². The number of rotatable bonds is 6. The minimum Gasteiger partial charge on any atom is -0.357 e. The Labute approximate surface area is 189 Å². The molecule has 3 fully saturated rings. The number of anilines is 1. The van der Waals surface area contributed by atoms with Crippen LogP contribution >= 0.6 is 0 Å². The molecule has 1 amide bonds. The van der Waals surface area contributed by atoms with Crippen LogP contribution < -0.4 is 4.90 Å². The number of hydrogen-bond donors (Lipinski definition) is 0. The lowest BCUT2D eigenvalue weighted by atomic mass is 10.1. The lowest BCUT2D eigenvalue weighted by molar-refractivity contribution is -0.131. The van der Waals surface area contributed by atoms with E-state index in [1.165, 1.54) is 19.3 Å². The molecule has 0 N–H and O–H groups in total. The molecule has 2 aromatic rings. The van der Waals surface area contributed by atoms with Crippen molar-refractivity contribution < 1.29 is 9.32 Å². The van der Waals surface area contributed by atoms with Gasteiger partial charge in [0.1, 0.15) is 5.82 Å². The highest BCUT2D eigenvalue weighted by Crippen LogP contribution is 2.21. The Morgan fingerprint density at radius 1 is 0.875 bits per heavy atom. The zero-order chi connectivity index (χ0) is 21.8. The van der Waals surface area contributed by atoms with E-state index in [9.17, 15) is 4.79 Å². The van der Waals surface area contributed by atoms with Gasteiger partial charge in [-0.2, -0.15) is 4.98 Å². The molecule has 0 unspecified atom stereocenters. The Hall–Kier alpha value is -2.52. The minimum absolute atomic E-state index is 0.275. The third-order valence-corrected chi connectivity index (χ3v) is 6.80. The molecule has 0 saturated carbocycles. The van der Waals surface area contributed by atoms with Crippen LogP contribution in [0.5, 0.6) is 0 Å². The van der Waals surface area contributed by atoms with Gasteiger partial charge in [-0.25, -0.2) is 4.98 Å². The molecule has 9 nitrogen and oxygen atoms in total. The summed E-state index contributed by atoms with van der Waals surface area (Å²) in [6.07, 6.45) is 7.91.